The molecule has 0 atom stereocenters. The molecular formula is C7H8F2N2O2. The van der Waals surface area contributed by atoms with Gasteiger partial charge in [-0.15, -0.1) is 0 Å². The van der Waals surface area contributed by atoms with Gasteiger partial charge in [0, 0.05) is 6.07 Å². The van der Waals surface area contributed by atoms with Gasteiger partial charge in [0.15, 0.2) is 0 Å². The van der Waals surface area contributed by atoms with E-state index in [9.17, 15) is 8.78 Å². The van der Waals surface area contributed by atoms with Crippen LogP contribution in [0.2, 0.25) is 0 Å². The summed E-state index contributed by atoms with van der Waals surface area (Å²) < 4.78 is 27.8. The Kier molecular flexibility index (Phi) is 2.50. The van der Waals surface area contributed by atoms with E-state index in [0.717, 1.165) is 12.3 Å². The molecule has 0 spiro atoms. The Morgan fingerprint density at radius 3 is 2.77 bits per heavy atom. The molecule has 0 amide bonds. The molecule has 4 nitrogen and oxygen atoms in total. The largest absolute Gasteiger partial charge is 0.426 e. The quantitative estimate of drug-likeness (QED) is 0.686. The van der Waals surface area contributed by atoms with Crippen molar-refractivity contribution in [2.45, 2.75) is 13.5 Å². The highest BCUT2D eigenvalue weighted by molar-refractivity contribution is 5.16. The number of hydrogen-bond donors (Lipinski definition) is 2. The van der Waals surface area contributed by atoms with Crippen LogP contribution in [0, 0.1) is 12.3 Å². The second-order valence-electron chi connectivity index (χ2n) is 2.43. The fourth-order valence-corrected chi connectivity index (χ4v) is 0.799. The summed E-state index contributed by atoms with van der Waals surface area (Å²) in [7, 11) is 0. The van der Waals surface area contributed by atoms with Crippen LogP contribution in [-0.4, -0.2) is 16.5 Å². The molecule has 1 aromatic heterocycles. The van der Waals surface area contributed by atoms with E-state index in [1.165, 1.54) is 0 Å². The fourth-order valence-electron chi connectivity index (χ4n) is 0.799. The molecule has 0 aliphatic heterocycles. The smallest absolute Gasteiger partial charge is 0.388 e. The average Bonchev–Trinajstić information content (AvgIpc) is 1.99. The molecule has 6 heteroatoms. The van der Waals surface area contributed by atoms with Crippen molar-refractivity contribution in [1.82, 2.24) is 4.73 Å². The summed E-state index contributed by atoms with van der Waals surface area (Å²) in [6, 6.07) is 1.02. The van der Waals surface area contributed by atoms with Crippen LogP contribution >= 0.6 is 0 Å². The highest BCUT2D eigenvalue weighted by Gasteiger charge is 2.08. The number of halogens is 2. The van der Waals surface area contributed by atoms with E-state index in [4.69, 9.17) is 10.6 Å². The van der Waals surface area contributed by atoms with Gasteiger partial charge >= 0.3 is 6.61 Å². The van der Waals surface area contributed by atoms with Crippen LogP contribution in [0.3, 0.4) is 0 Å². The minimum Gasteiger partial charge on any atom is -0.426 e. The van der Waals surface area contributed by atoms with Crippen molar-refractivity contribution in [2.75, 3.05) is 0 Å². The van der Waals surface area contributed by atoms with E-state index in [0.29, 0.717) is 10.3 Å². The van der Waals surface area contributed by atoms with Gasteiger partial charge in [-0.1, -0.05) is 0 Å². The van der Waals surface area contributed by atoms with Gasteiger partial charge in [-0.3, -0.25) is 0 Å². The second kappa shape index (κ2) is 3.42. The van der Waals surface area contributed by atoms with E-state index in [1.807, 2.05) is 0 Å². The zero-order valence-electron chi connectivity index (χ0n) is 6.79. The van der Waals surface area contributed by atoms with Gasteiger partial charge < -0.3 is 15.4 Å². The number of rotatable bonds is 2. The first-order valence-electron chi connectivity index (χ1n) is 3.42. The Morgan fingerprint density at radius 2 is 2.23 bits per heavy atom. The van der Waals surface area contributed by atoms with Crippen molar-refractivity contribution in [3.63, 3.8) is 0 Å². The lowest BCUT2D eigenvalue weighted by Gasteiger charge is -2.08. The van der Waals surface area contributed by atoms with Gasteiger partial charge in [0.05, 0.1) is 11.6 Å². The topological polar surface area (TPSA) is 58.2 Å². The van der Waals surface area contributed by atoms with Crippen molar-refractivity contribution in [3.8, 4) is 5.88 Å². The molecule has 1 rings (SSSR count). The summed E-state index contributed by atoms with van der Waals surface area (Å²) in [5, 5.41) is 16.3. The number of aryl methyl sites for hydroxylation is 1. The molecule has 1 heterocycles. The summed E-state index contributed by atoms with van der Waals surface area (Å²) in [6.45, 7) is -1.44. The molecule has 0 saturated carbocycles. The van der Waals surface area contributed by atoms with Crippen molar-refractivity contribution in [3.05, 3.63) is 23.2 Å². The standard InChI is InChI=1S/C7H8F2N2O2/c1-4-3-11(12)6(2-5(4)10)13-7(8)9/h2-3,7,10,12H,1H3. The lowest BCUT2D eigenvalue weighted by molar-refractivity contribution is -0.0651. The SMILES string of the molecule is Cc1cn(O)c(OC(F)F)cc1=N. The highest BCUT2D eigenvalue weighted by Crippen LogP contribution is 2.10. The molecule has 1 aromatic rings. The minimum absolute atomic E-state index is 0.0287. The Hall–Kier alpha value is -1.59. The van der Waals surface area contributed by atoms with Gasteiger partial charge in [0.2, 0.25) is 5.88 Å². The first-order chi connectivity index (χ1) is 6.00. The first-order valence-corrected chi connectivity index (χ1v) is 3.42. The van der Waals surface area contributed by atoms with Crippen LogP contribution in [-0.2, 0) is 0 Å². The maximum atomic E-state index is 11.7. The predicted octanol–water partition coefficient (Wildman–Crippen LogP) is 1.11. The summed E-state index contributed by atoms with van der Waals surface area (Å²) >= 11 is 0. The molecule has 0 aromatic carbocycles. The molecule has 0 aliphatic carbocycles. The molecule has 0 unspecified atom stereocenters. The molecular weight excluding hydrogens is 182 g/mol. The van der Waals surface area contributed by atoms with Crippen LogP contribution in [0.1, 0.15) is 5.56 Å². The minimum atomic E-state index is -3.01. The normalized spacial score (nSPS) is 10.5. The van der Waals surface area contributed by atoms with E-state index < -0.39 is 12.5 Å². The van der Waals surface area contributed by atoms with E-state index in [1.54, 1.807) is 6.92 Å². The van der Waals surface area contributed by atoms with E-state index >= 15 is 0 Å². The van der Waals surface area contributed by atoms with Crippen molar-refractivity contribution >= 4 is 0 Å². The summed E-state index contributed by atoms with van der Waals surface area (Å²) in [5.74, 6) is -0.453. The Morgan fingerprint density at radius 1 is 1.62 bits per heavy atom. The molecule has 0 saturated heterocycles. The second-order valence-corrected chi connectivity index (χ2v) is 2.43. The maximum absolute atomic E-state index is 11.7. The number of alkyl halides is 2. The number of nitrogens with one attached hydrogen (secondary N) is 1. The van der Waals surface area contributed by atoms with Crippen LogP contribution in [0.15, 0.2) is 12.3 Å². The Labute approximate surface area is 72.5 Å². The third kappa shape index (κ3) is 2.17. The summed E-state index contributed by atoms with van der Waals surface area (Å²) in [4.78, 5) is 0. The van der Waals surface area contributed by atoms with Crippen LogP contribution in [0.25, 0.3) is 0 Å². The number of ether oxygens (including phenoxy) is 1. The highest BCUT2D eigenvalue weighted by atomic mass is 19.3. The summed E-state index contributed by atoms with van der Waals surface area (Å²) in [5.41, 5.74) is 0.462. The molecule has 0 aliphatic rings. The van der Waals surface area contributed by atoms with Crippen molar-refractivity contribution in [2.24, 2.45) is 0 Å². The zero-order chi connectivity index (χ0) is 10.0. The molecule has 2 N–H and O–H groups in total. The van der Waals surface area contributed by atoms with E-state index in [-0.39, 0.29) is 5.36 Å². The number of hydrogen-bond acceptors (Lipinski definition) is 3. The van der Waals surface area contributed by atoms with Gasteiger partial charge in [-0.25, -0.2) is 0 Å². The zero-order valence-corrected chi connectivity index (χ0v) is 6.79. The first kappa shape index (κ1) is 9.50. The fraction of sp³-hybridized carbons (Fsp3) is 0.286. The van der Waals surface area contributed by atoms with Gasteiger partial charge in [0.1, 0.15) is 0 Å². The average molecular weight is 190 g/mol. The van der Waals surface area contributed by atoms with Crippen LogP contribution < -0.4 is 10.1 Å². The molecule has 13 heavy (non-hydrogen) atoms. The number of aromatic nitrogens is 1. The molecule has 0 radical (unpaired) electrons. The molecule has 0 fully saturated rings. The summed E-state index contributed by atoms with van der Waals surface area (Å²) in [6.07, 6.45) is 1.13. The van der Waals surface area contributed by atoms with E-state index in [2.05, 4.69) is 4.74 Å². The van der Waals surface area contributed by atoms with Gasteiger partial charge in [-0.2, -0.15) is 13.5 Å². The van der Waals surface area contributed by atoms with Crippen molar-refractivity contribution in [1.29, 1.82) is 5.41 Å². The van der Waals surface area contributed by atoms with Crippen LogP contribution in [0.4, 0.5) is 8.78 Å². The maximum Gasteiger partial charge on any atom is 0.388 e. The van der Waals surface area contributed by atoms with Gasteiger partial charge in [-0.05, 0) is 12.5 Å². The predicted molar refractivity (Wildman–Crippen MR) is 38.8 cm³/mol. The third-order valence-electron chi connectivity index (χ3n) is 1.44. The van der Waals surface area contributed by atoms with Crippen molar-refractivity contribution < 1.29 is 18.7 Å². The lowest BCUT2D eigenvalue weighted by Crippen LogP contribution is -2.14. The lowest BCUT2D eigenvalue weighted by atomic mass is 10.3. The van der Waals surface area contributed by atoms with Crippen LogP contribution in [0.5, 0.6) is 5.88 Å². The Bertz CT molecular complexity index is 362. The number of pyridine rings is 1. The Balaban J connectivity index is 3.09. The van der Waals surface area contributed by atoms with Gasteiger partial charge in [0.25, 0.3) is 0 Å². The number of nitrogens with zero attached hydrogens (tertiary/aromatic N) is 1. The molecule has 72 valence electrons. The molecule has 0 bridgehead atoms. The third-order valence-corrected chi connectivity index (χ3v) is 1.44. The monoisotopic (exact) mass is 190 g/mol.